The number of pyridine rings is 2. The van der Waals surface area contributed by atoms with Crippen molar-refractivity contribution in [3.63, 3.8) is 0 Å². The summed E-state index contributed by atoms with van der Waals surface area (Å²) in [7, 11) is 0. The first-order valence-corrected chi connectivity index (χ1v) is 17.0. The number of ketones is 2. The minimum Gasteiger partial charge on any atom is -0.512 e. The smallest absolute Gasteiger partial charge is 0.155 e. The van der Waals surface area contributed by atoms with E-state index < -0.39 is 0 Å². The Balaban J connectivity index is 0.000000393. The predicted molar refractivity (Wildman–Crippen MR) is 215 cm³/mol. The van der Waals surface area contributed by atoms with Gasteiger partial charge in [0, 0.05) is 52.4 Å². The summed E-state index contributed by atoms with van der Waals surface area (Å²) < 4.78 is 0. The van der Waals surface area contributed by atoms with Crippen molar-refractivity contribution in [2.24, 2.45) is 0 Å². The van der Waals surface area contributed by atoms with Gasteiger partial charge in [-0.25, -0.2) is 0 Å². The molecule has 2 N–H and O–H groups in total. The molecule has 54 heavy (non-hydrogen) atoms. The summed E-state index contributed by atoms with van der Waals surface area (Å²) in [6, 6.07) is 36.1. The van der Waals surface area contributed by atoms with Gasteiger partial charge in [-0.05, 0) is 102 Å². The summed E-state index contributed by atoms with van der Waals surface area (Å²) >= 11 is 0. The summed E-state index contributed by atoms with van der Waals surface area (Å²) in [6.45, 7) is 18.3. The van der Waals surface area contributed by atoms with Crippen molar-refractivity contribution in [1.29, 1.82) is 0 Å². The van der Waals surface area contributed by atoms with Crippen LogP contribution < -0.4 is 0 Å². The molecule has 0 aliphatic rings. The fraction of sp³-hybridized carbons (Fsp3) is 0.217. The Hall–Kier alpha value is -4.58. The van der Waals surface area contributed by atoms with E-state index in [0.29, 0.717) is 0 Å². The van der Waals surface area contributed by atoms with Crippen molar-refractivity contribution < 1.29 is 60.0 Å². The van der Waals surface area contributed by atoms with Crippen molar-refractivity contribution in [3.05, 3.63) is 154 Å². The van der Waals surface area contributed by atoms with Crippen LogP contribution in [0.2, 0.25) is 0 Å². The average molecular weight is 1080 g/mol. The first-order valence-electron chi connectivity index (χ1n) is 17.0. The molecule has 0 atom stereocenters. The molecule has 6 nitrogen and oxygen atoms in total. The Bertz CT molecular complexity index is 2220. The molecule has 286 valence electrons. The number of aryl methyl sites for hydroxylation is 6. The van der Waals surface area contributed by atoms with E-state index in [1.807, 2.05) is 12.1 Å². The average Bonchev–Trinajstić information content (AvgIpc) is 3.04. The molecule has 6 rings (SSSR count). The number of rotatable bonds is 4. The van der Waals surface area contributed by atoms with Crippen LogP contribution in [0.1, 0.15) is 61.1 Å². The topological polar surface area (TPSA) is 100 Å². The molecule has 2 radical (unpaired) electrons. The van der Waals surface area contributed by atoms with Crippen LogP contribution in [0.15, 0.2) is 109 Å². The SMILES string of the molecule is CC(=O)C=C(C)O.CC(=O)C=C(C)O.Cc1c[c-]c(-c2nc3ccc(C)cc3cc2C)cc1.Cc1cc[c-]c(-c2nc3ccc(C)cc3cc2C)c1.[Ir].[Ir]. The standard InChI is InChI=1S/2C18H16N.2C5H8O2.2Ir/c1-12-4-7-15(8-5-12)18-14(3)11-16-10-13(2)6-9-17(16)19-18;1-12-5-4-6-15(9-12)18-14(3)11-16-10-13(2)7-8-17(16)19-18;2*1-4(6)3-5(2)7;;/h4-7,9-11H,1-3H3;4-5,7-11H,1-3H3;2*3,6H,1-2H3;;/q2*-1;;;;. The van der Waals surface area contributed by atoms with Crippen molar-refractivity contribution in [3.8, 4) is 22.5 Å². The number of aliphatic hydroxyl groups excluding tert-OH is 2. The second-order valence-electron chi connectivity index (χ2n) is 13.1. The number of carbonyl (C=O) groups excluding carboxylic acids is 2. The molecule has 8 heteroatoms. The second kappa shape index (κ2) is 22.6. The Morgan fingerprint density at radius 3 is 1.33 bits per heavy atom. The van der Waals surface area contributed by atoms with E-state index in [-0.39, 0.29) is 63.3 Å². The molecule has 6 aromatic rings. The zero-order valence-electron chi connectivity index (χ0n) is 32.5. The Kier molecular flexibility index (Phi) is 19.8. The quantitative estimate of drug-likeness (QED) is 0.104. The van der Waals surface area contributed by atoms with Crippen LogP contribution in [0.5, 0.6) is 0 Å². The van der Waals surface area contributed by atoms with Crippen LogP contribution in [-0.2, 0) is 49.8 Å². The maximum atomic E-state index is 10.0. The number of allylic oxidation sites excluding steroid dienone is 4. The van der Waals surface area contributed by atoms with Crippen molar-refractivity contribution >= 4 is 33.4 Å². The molecule has 2 aromatic heterocycles. The van der Waals surface area contributed by atoms with E-state index in [9.17, 15) is 9.59 Å². The van der Waals surface area contributed by atoms with Gasteiger partial charge >= 0.3 is 0 Å². The number of aromatic nitrogens is 2. The number of benzene rings is 4. The first kappa shape index (κ1) is 47.4. The minimum atomic E-state index is -0.125. The van der Waals surface area contributed by atoms with Gasteiger partial charge in [0.2, 0.25) is 0 Å². The maximum absolute atomic E-state index is 10.0. The molecular formula is C46H48Ir2N2O4-2. The summed E-state index contributed by atoms with van der Waals surface area (Å²) in [4.78, 5) is 29.6. The van der Waals surface area contributed by atoms with Gasteiger partial charge in [-0.2, -0.15) is 0 Å². The molecular weight excluding hydrogens is 1030 g/mol. The summed E-state index contributed by atoms with van der Waals surface area (Å²) in [5.41, 5.74) is 13.6. The van der Waals surface area contributed by atoms with E-state index in [2.05, 4.69) is 126 Å². The number of carbonyl (C=O) groups is 2. The van der Waals surface area contributed by atoms with Crippen LogP contribution in [0.3, 0.4) is 0 Å². The fourth-order valence-electron chi connectivity index (χ4n) is 5.30. The number of hydrogen-bond acceptors (Lipinski definition) is 6. The van der Waals surface area contributed by atoms with Crippen molar-refractivity contribution in [1.82, 2.24) is 9.97 Å². The van der Waals surface area contributed by atoms with Gasteiger partial charge in [0.25, 0.3) is 0 Å². The van der Waals surface area contributed by atoms with E-state index in [1.54, 1.807) is 0 Å². The molecule has 0 saturated heterocycles. The summed E-state index contributed by atoms with van der Waals surface area (Å²) in [5.74, 6) is -0.125. The maximum Gasteiger partial charge on any atom is 0.155 e. The molecule has 0 saturated carbocycles. The van der Waals surface area contributed by atoms with Crippen LogP contribution in [0, 0.1) is 53.7 Å². The molecule has 4 aromatic carbocycles. The van der Waals surface area contributed by atoms with Crippen LogP contribution in [-0.4, -0.2) is 31.7 Å². The van der Waals surface area contributed by atoms with Gasteiger partial charge in [0.05, 0.1) is 22.6 Å². The largest absolute Gasteiger partial charge is 0.512 e. The molecule has 0 fully saturated rings. The predicted octanol–water partition coefficient (Wildman–Crippen LogP) is 11.3. The first-order chi connectivity index (χ1) is 24.5. The third kappa shape index (κ3) is 15.4. The van der Waals surface area contributed by atoms with Crippen LogP contribution >= 0.6 is 0 Å². The van der Waals surface area contributed by atoms with Gasteiger partial charge in [0.15, 0.2) is 11.6 Å². The zero-order chi connectivity index (χ0) is 38.5. The van der Waals surface area contributed by atoms with Gasteiger partial charge < -0.3 is 10.2 Å². The van der Waals surface area contributed by atoms with Gasteiger partial charge in [-0.15, -0.1) is 70.8 Å². The molecule has 0 unspecified atom stereocenters. The number of fused-ring (bicyclic) bond motifs is 2. The molecule has 0 bridgehead atoms. The normalized spacial score (nSPS) is 10.6. The van der Waals surface area contributed by atoms with Crippen molar-refractivity contribution in [2.75, 3.05) is 0 Å². The van der Waals surface area contributed by atoms with Crippen molar-refractivity contribution in [2.45, 2.75) is 69.2 Å². The Morgan fingerprint density at radius 1 is 0.537 bits per heavy atom. The molecule has 0 spiro atoms. The van der Waals surface area contributed by atoms with Gasteiger partial charge in [-0.1, -0.05) is 60.4 Å². The van der Waals surface area contributed by atoms with Gasteiger partial charge in [0.1, 0.15) is 0 Å². The molecule has 0 aliphatic heterocycles. The molecule has 0 amide bonds. The van der Waals surface area contributed by atoms with E-state index >= 15 is 0 Å². The minimum absolute atomic E-state index is 0. The summed E-state index contributed by atoms with van der Waals surface area (Å²) in [5, 5.41) is 19.1. The number of nitrogens with zero attached hydrogens (tertiary/aromatic N) is 2. The van der Waals surface area contributed by atoms with Gasteiger partial charge in [-0.3, -0.25) is 19.6 Å². The fourth-order valence-corrected chi connectivity index (χ4v) is 5.30. The van der Waals surface area contributed by atoms with E-state index in [1.165, 1.54) is 84.0 Å². The third-order valence-corrected chi connectivity index (χ3v) is 7.58. The summed E-state index contributed by atoms with van der Waals surface area (Å²) in [6.07, 6.45) is 2.33. The monoisotopic (exact) mass is 1080 g/mol. The number of hydrogen-bond donors (Lipinski definition) is 2. The number of aliphatic hydroxyl groups is 2. The van der Waals surface area contributed by atoms with Crippen LogP contribution in [0.25, 0.3) is 44.3 Å². The van der Waals surface area contributed by atoms with E-state index in [0.717, 1.165) is 33.5 Å². The second-order valence-corrected chi connectivity index (χ2v) is 13.1. The molecule has 0 aliphatic carbocycles. The van der Waals surface area contributed by atoms with Crippen LogP contribution in [0.4, 0.5) is 0 Å². The third-order valence-electron chi connectivity index (χ3n) is 7.58. The van der Waals surface area contributed by atoms with E-state index in [4.69, 9.17) is 20.2 Å². The Morgan fingerprint density at radius 2 is 0.963 bits per heavy atom. The Labute approximate surface area is 347 Å². The molecule has 2 heterocycles. The zero-order valence-corrected chi connectivity index (χ0v) is 37.3.